The smallest absolute Gasteiger partial charge is 0.237 e. The van der Waals surface area contributed by atoms with Crippen molar-refractivity contribution < 1.29 is 4.79 Å². The van der Waals surface area contributed by atoms with Crippen molar-refractivity contribution in [2.24, 2.45) is 11.7 Å². The topological polar surface area (TPSA) is 55.1 Å². The number of rotatable bonds is 7. The summed E-state index contributed by atoms with van der Waals surface area (Å²) in [7, 11) is 0. The Morgan fingerprint density at radius 1 is 1.21 bits per heavy atom. The molecule has 0 aliphatic rings. The van der Waals surface area contributed by atoms with Crippen molar-refractivity contribution >= 4 is 5.91 Å². The molecule has 0 aliphatic heterocycles. The summed E-state index contributed by atoms with van der Waals surface area (Å²) in [5.41, 5.74) is 7.07. The van der Waals surface area contributed by atoms with Gasteiger partial charge in [0.05, 0.1) is 6.04 Å². The molecule has 1 aromatic carbocycles. The molecule has 3 heteroatoms. The zero-order chi connectivity index (χ0) is 14.3. The average molecular weight is 262 g/mol. The van der Waals surface area contributed by atoms with E-state index in [1.54, 1.807) is 0 Å². The molecule has 0 aromatic heterocycles. The molecule has 19 heavy (non-hydrogen) atoms. The molecule has 106 valence electrons. The van der Waals surface area contributed by atoms with Crippen LogP contribution >= 0.6 is 0 Å². The largest absolute Gasteiger partial charge is 0.352 e. The van der Waals surface area contributed by atoms with E-state index < -0.39 is 6.04 Å². The quantitative estimate of drug-likeness (QED) is 0.793. The Kier molecular flexibility index (Phi) is 6.57. The summed E-state index contributed by atoms with van der Waals surface area (Å²) in [4.78, 5) is 12.1. The maximum Gasteiger partial charge on any atom is 0.237 e. The maximum absolute atomic E-state index is 12.1. The van der Waals surface area contributed by atoms with Gasteiger partial charge in [-0.15, -0.1) is 0 Å². The highest BCUT2D eigenvalue weighted by Gasteiger charge is 2.20. The second-order valence-electron chi connectivity index (χ2n) is 5.17. The van der Waals surface area contributed by atoms with E-state index in [-0.39, 0.29) is 11.9 Å². The summed E-state index contributed by atoms with van der Waals surface area (Å²) in [5.74, 6) is 0.469. The SMILES string of the molecule is CCC(CC)C(C)NC(=O)[C@@H](N)Cc1ccccc1. The van der Waals surface area contributed by atoms with Crippen molar-refractivity contribution in [3.8, 4) is 0 Å². The highest BCUT2D eigenvalue weighted by molar-refractivity contribution is 5.82. The van der Waals surface area contributed by atoms with Gasteiger partial charge in [0.25, 0.3) is 0 Å². The summed E-state index contributed by atoms with van der Waals surface area (Å²) in [6, 6.07) is 9.60. The van der Waals surface area contributed by atoms with Crippen LogP contribution in [0.25, 0.3) is 0 Å². The van der Waals surface area contributed by atoms with Crippen molar-refractivity contribution in [1.29, 1.82) is 0 Å². The fourth-order valence-corrected chi connectivity index (χ4v) is 2.41. The minimum atomic E-state index is -0.473. The highest BCUT2D eigenvalue weighted by atomic mass is 16.2. The number of hydrogen-bond donors (Lipinski definition) is 2. The summed E-state index contributed by atoms with van der Waals surface area (Å²) < 4.78 is 0. The third-order valence-corrected chi connectivity index (χ3v) is 3.76. The van der Waals surface area contributed by atoms with Gasteiger partial charge in [0.2, 0.25) is 5.91 Å². The number of benzene rings is 1. The second-order valence-corrected chi connectivity index (χ2v) is 5.17. The van der Waals surface area contributed by atoms with Crippen LogP contribution in [0.1, 0.15) is 39.2 Å². The van der Waals surface area contributed by atoms with Gasteiger partial charge >= 0.3 is 0 Å². The van der Waals surface area contributed by atoms with E-state index in [1.807, 2.05) is 30.3 Å². The maximum atomic E-state index is 12.1. The second kappa shape index (κ2) is 7.95. The van der Waals surface area contributed by atoms with E-state index in [0.717, 1.165) is 18.4 Å². The highest BCUT2D eigenvalue weighted by Crippen LogP contribution is 2.12. The first-order valence-corrected chi connectivity index (χ1v) is 7.18. The lowest BCUT2D eigenvalue weighted by atomic mass is 9.95. The molecule has 1 amide bonds. The van der Waals surface area contributed by atoms with Crippen LogP contribution in [0.3, 0.4) is 0 Å². The minimum Gasteiger partial charge on any atom is -0.352 e. The van der Waals surface area contributed by atoms with E-state index in [0.29, 0.717) is 12.3 Å². The first kappa shape index (κ1) is 15.7. The van der Waals surface area contributed by atoms with Gasteiger partial charge in [0, 0.05) is 6.04 Å². The molecule has 3 nitrogen and oxygen atoms in total. The van der Waals surface area contributed by atoms with Crippen molar-refractivity contribution in [2.75, 3.05) is 0 Å². The Labute approximate surface area is 116 Å². The predicted octanol–water partition coefficient (Wildman–Crippen LogP) is 2.50. The van der Waals surface area contributed by atoms with Gasteiger partial charge in [-0.25, -0.2) is 0 Å². The molecule has 3 N–H and O–H groups in total. The predicted molar refractivity (Wildman–Crippen MR) is 79.8 cm³/mol. The molecule has 0 aliphatic carbocycles. The number of nitrogens with two attached hydrogens (primary N) is 1. The number of carbonyl (C=O) groups excluding carboxylic acids is 1. The fourth-order valence-electron chi connectivity index (χ4n) is 2.41. The van der Waals surface area contributed by atoms with Gasteiger partial charge in [-0.05, 0) is 24.8 Å². The zero-order valence-electron chi connectivity index (χ0n) is 12.2. The van der Waals surface area contributed by atoms with Gasteiger partial charge in [-0.2, -0.15) is 0 Å². The van der Waals surface area contributed by atoms with Crippen LogP contribution in [0.4, 0.5) is 0 Å². The molecule has 0 fully saturated rings. The summed E-state index contributed by atoms with van der Waals surface area (Å²) in [6.07, 6.45) is 2.74. The van der Waals surface area contributed by atoms with Crippen LogP contribution in [-0.2, 0) is 11.2 Å². The molecular formula is C16H26N2O. The van der Waals surface area contributed by atoms with Crippen LogP contribution in [0.15, 0.2) is 30.3 Å². The van der Waals surface area contributed by atoms with Gasteiger partial charge in [0.1, 0.15) is 0 Å². The fraction of sp³-hybridized carbons (Fsp3) is 0.562. The Morgan fingerprint density at radius 3 is 2.32 bits per heavy atom. The van der Waals surface area contributed by atoms with Crippen LogP contribution in [-0.4, -0.2) is 18.0 Å². The number of nitrogens with one attached hydrogen (secondary N) is 1. The standard InChI is InChI=1S/C16H26N2O/c1-4-14(5-2)12(3)18-16(19)15(17)11-13-9-7-6-8-10-13/h6-10,12,14-15H,4-5,11,17H2,1-3H3,(H,18,19)/t12?,15-/m0/s1. The third kappa shape index (κ3) is 5.03. The van der Waals surface area contributed by atoms with Crippen molar-refractivity contribution in [3.05, 3.63) is 35.9 Å². The van der Waals surface area contributed by atoms with E-state index in [4.69, 9.17) is 5.73 Å². The lowest BCUT2D eigenvalue weighted by Crippen LogP contribution is -2.47. The first-order chi connectivity index (χ1) is 9.08. The third-order valence-electron chi connectivity index (χ3n) is 3.76. The average Bonchev–Trinajstić information content (AvgIpc) is 2.41. The van der Waals surface area contributed by atoms with E-state index in [1.165, 1.54) is 0 Å². The molecule has 1 aromatic rings. The van der Waals surface area contributed by atoms with Gasteiger partial charge in [-0.3, -0.25) is 4.79 Å². The first-order valence-electron chi connectivity index (χ1n) is 7.18. The Balaban J connectivity index is 2.49. The molecule has 0 heterocycles. The van der Waals surface area contributed by atoms with Gasteiger partial charge < -0.3 is 11.1 Å². The number of hydrogen-bond acceptors (Lipinski definition) is 2. The monoisotopic (exact) mass is 262 g/mol. The van der Waals surface area contributed by atoms with Crippen LogP contribution in [0.2, 0.25) is 0 Å². The summed E-state index contributed by atoms with van der Waals surface area (Å²) in [5, 5.41) is 3.04. The molecule has 1 unspecified atom stereocenters. The van der Waals surface area contributed by atoms with Crippen molar-refractivity contribution in [2.45, 2.75) is 52.1 Å². The molecule has 0 radical (unpaired) electrons. The van der Waals surface area contributed by atoms with E-state index >= 15 is 0 Å². The number of carbonyl (C=O) groups is 1. The molecule has 0 bridgehead atoms. The van der Waals surface area contributed by atoms with Gasteiger partial charge in [-0.1, -0.05) is 57.0 Å². The zero-order valence-corrected chi connectivity index (χ0v) is 12.2. The molecule has 2 atom stereocenters. The summed E-state index contributed by atoms with van der Waals surface area (Å²) in [6.45, 7) is 6.37. The minimum absolute atomic E-state index is 0.0525. The van der Waals surface area contributed by atoms with E-state index in [9.17, 15) is 4.79 Å². The molecular weight excluding hydrogens is 236 g/mol. The Bertz CT molecular complexity index is 374. The van der Waals surface area contributed by atoms with Crippen molar-refractivity contribution in [3.63, 3.8) is 0 Å². The van der Waals surface area contributed by atoms with E-state index in [2.05, 4.69) is 26.1 Å². The summed E-state index contributed by atoms with van der Waals surface area (Å²) >= 11 is 0. The lowest BCUT2D eigenvalue weighted by molar-refractivity contribution is -0.123. The van der Waals surface area contributed by atoms with Crippen LogP contribution in [0, 0.1) is 5.92 Å². The molecule has 1 rings (SSSR count). The van der Waals surface area contributed by atoms with Gasteiger partial charge in [0.15, 0.2) is 0 Å². The van der Waals surface area contributed by atoms with Crippen LogP contribution in [0.5, 0.6) is 0 Å². The molecule has 0 spiro atoms. The van der Waals surface area contributed by atoms with Crippen molar-refractivity contribution in [1.82, 2.24) is 5.32 Å². The number of amides is 1. The normalized spacial score (nSPS) is 14.2. The lowest BCUT2D eigenvalue weighted by Gasteiger charge is -2.24. The molecule has 0 saturated carbocycles. The van der Waals surface area contributed by atoms with Crippen LogP contribution < -0.4 is 11.1 Å². The molecule has 0 saturated heterocycles. The Morgan fingerprint density at radius 2 is 1.79 bits per heavy atom. The Hall–Kier alpha value is -1.35.